The number of fused-ring (bicyclic) bond motifs is 5. The van der Waals surface area contributed by atoms with Crippen molar-refractivity contribution in [2.24, 2.45) is 40.4 Å². The summed E-state index contributed by atoms with van der Waals surface area (Å²) in [6.45, 7) is 9.81. The van der Waals surface area contributed by atoms with Gasteiger partial charge in [-0.1, -0.05) is 32.4 Å². The Kier molecular flexibility index (Phi) is 3.53. The maximum Gasteiger partial charge on any atom is 0.0492 e. The molecule has 0 radical (unpaired) electrons. The van der Waals surface area contributed by atoms with Gasteiger partial charge in [-0.15, -0.1) is 0 Å². The Morgan fingerprint density at radius 2 is 1.91 bits per heavy atom. The molecule has 7 unspecified atom stereocenters. The van der Waals surface area contributed by atoms with E-state index in [0.717, 1.165) is 29.6 Å². The molecule has 0 aromatic carbocycles. The smallest absolute Gasteiger partial charge is 0.0492 e. The summed E-state index contributed by atoms with van der Waals surface area (Å²) in [4.78, 5) is 0. The average molecular weight is 303 g/mol. The third-order valence-corrected chi connectivity index (χ3v) is 8.88. The summed E-state index contributed by atoms with van der Waals surface area (Å²) in [6.07, 6.45) is 12.1. The van der Waals surface area contributed by atoms with Crippen LogP contribution >= 0.6 is 0 Å². The van der Waals surface area contributed by atoms with Gasteiger partial charge >= 0.3 is 0 Å². The highest BCUT2D eigenvalue weighted by atomic mass is 16.3. The normalized spacial score (nSPS) is 54.5. The first-order valence-electron chi connectivity index (χ1n) is 9.80. The monoisotopic (exact) mass is 302 g/mol. The van der Waals surface area contributed by atoms with Gasteiger partial charge in [0.05, 0.1) is 0 Å². The van der Waals surface area contributed by atoms with Crippen LogP contribution in [0, 0.1) is 40.4 Å². The van der Waals surface area contributed by atoms with E-state index in [2.05, 4.69) is 20.4 Å². The lowest BCUT2D eigenvalue weighted by molar-refractivity contribution is -0.137. The van der Waals surface area contributed by atoms with Crippen LogP contribution in [-0.4, -0.2) is 11.7 Å². The fourth-order valence-corrected chi connectivity index (χ4v) is 7.48. The van der Waals surface area contributed by atoms with E-state index in [0.29, 0.717) is 12.0 Å². The Labute approximate surface area is 136 Å². The molecule has 7 atom stereocenters. The molecule has 4 saturated carbocycles. The zero-order chi connectivity index (χ0) is 15.5. The summed E-state index contributed by atoms with van der Waals surface area (Å²) in [5, 5.41) is 10.4. The summed E-state index contributed by atoms with van der Waals surface area (Å²) in [5.74, 6) is 4.21. The van der Waals surface area contributed by atoms with Crippen LogP contribution in [0.4, 0.5) is 0 Å². The second-order valence-corrected chi connectivity index (χ2v) is 9.52. The lowest BCUT2D eigenvalue weighted by Crippen LogP contribution is -2.55. The largest absolute Gasteiger partial charge is 0.396 e. The number of hydrogen-bond acceptors (Lipinski definition) is 1. The van der Waals surface area contributed by atoms with Crippen LogP contribution in [0.25, 0.3) is 0 Å². The first-order chi connectivity index (χ1) is 10.5. The van der Waals surface area contributed by atoms with Crippen molar-refractivity contribution in [3.63, 3.8) is 0 Å². The fraction of sp³-hybridized carbons (Fsp3) is 0.905. The summed E-state index contributed by atoms with van der Waals surface area (Å²) in [5.41, 5.74) is 2.24. The second-order valence-electron chi connectivity index (χ2n) is 9.52. The van der Waals surface area contributed by atoms with Gasteiger partial charge in [0.25, 0.3) is 0 Å². The van der Waals surface area contributed by atoms with E-state index in [1.165, 1.54) is 63.4 Å². The standard InChI is InChI=1S/C21H34O/c1-14-8-11-21(13-22)16(12-14)5-6-17-18-7-4-15(2)20(18,3)10-9-19(17)21/h14,16-19,22H,2,4-13H2,1,3H3. The predicted octanol–water partition coefficient (Wildman–Crippen LogP) is 5.19. The van der Waals surface area contributed by atoms with E-state index in [1.807, 2.05) is 0 Å². The molecule has 1 N–H and O–H groups in total. The maximum absolute atomic E-state index is 10.4. The van der Waals surface area contributed by atoms with Crippen LogP contribution in [0.1, 0.15) is 71.6 Å². The molecule has 124 valence electrons. The topological polar surface area (TPSA) is 20.2 Å². The molecule has 22 heavy (non-hydrogen) atoms. The lowest BCUT2D eigenvalue weighted by atomic mass is 9.44. The molecule has 1 nitrogen and oxygen atoms in total. The van der Waals surface area contributed by atoms with Crippen molar-refractivity contribution >= 4 is 0 Å². The molecule has 0 amide bonds. The zero-order valence-electron chi connectivity index (χ0n) is 14.6. The van der Waals surface area contributed by atoms with E-state index >= 15 is 0 Å². The Hall–Kier alpha value is -0.300. The van der Waals surface area contributed by atoms with Gasteiger partial charge in [0.1, 0.15) is 0 Å². The van der Waals surface area contributed by atoms with Crippen LogP contribution in [0.2, 0.25) is 0 Å². The SMILES string of the molecule is C=C1CCC2C3CCC4CC(C)CCC4(CO)C3CCC12C. The maximum atomic E-state index is 10.4. The number of aliphatic hydroxyl groups excluding tert-OH is 1. The highest BCUT2D eigenvalue weighted by Gasteiger charge is 2.59. The zero-order valence-corrected chi connectivity index (χ0v) is 14.6. The molecule has 0 spiro atoms. The molecule has 0 aromatic rings. The van der Waals surface area contributed by atoms with Crippen LogP contribution < -0.4 is 0 Å². The van der Waals surface area contributed by atoms with Crippen molar-refractivity contribution < 1.29 is 5.11 Å². The van der Waals surface area contributed by atoms with Crippen LogP contribution in [-0.2, 0) is 0 Å². The number of allylic oxidation sites excluding steroid dienone is 1. The van der Waals surface area contributed by atoms with Gasteiger partial charge in [0.2, 0.25) is 0 Å². The van der Waals surface area contributed by atoms with Gasteiger partial charge in [-0.3, -0.25) is 0 Å². The molecule has 0 aromatic heterocycles. The van der Waals surface area contributed by atoms with E-state index in [-0.39, 0.29) is 5.41 Å². The van der Waals surface area contributed by atoms with Crippen molar-refractivity contribution in [1.29, 1.82) is 0 Å². The van der Waals surface area contributed by atoms with Gasteiger partial charge in [0, 0.05) is 6.61 Å². The van der Waals surface area contributed by atoms with Crippen LogP contribution in [0.5, 0.6) is 0 Å². The first-order valence-corrected chi connectivity index (χ1v) is 9.80. The molecular weight excluding hydrogens is 268 g/mol. The molecule has 4 fully saturated rings. The minimum Gasteiger partial charge on any atom is -0.396 e. The van der Waals surface area contributed by atoms with E-state index < -0.39 is 0 Å². The Morgan fingerprint density at radius 3 is 2.68 bits per heavy atom. The lowest BCUT2D eigenvalue weighted by Gasteiger charge is -2.61. The van der Waals surface area contributed by atoms with Gasteiger partial charge in [-0.25, -0.2) is 0 Å². The van der Waals surface area contributed by atoms with E-state index in [9.17, 15) is 5.11 Å². The Balaban J connectivity index is 1.66. The first kappa shape index (κ1) is 15.2. The summed E-state index contributed by atoms with van der Waals surface area (Å²) >= 11 is 0. The summed E-state index contributed by atoms with van der Waals surface area (Å²) < 4.78 is 0. The van der Waals surface area contributed by atoms with Crippen molar-refractivity contribution in [3.05, 3.63) is 12.2 Å². The van der Waals surface area contributed by atoms with Gasteiger partial charge in [-0.05, 0) is 91.8 Å². The minimum absolute atomic E-state index is 0.278. The van der Waals surface area contributed by atoms with E-state index in [1.54, 1.807) is 0 Å². The fourth-order valence-electron chi connectivity index (χ4n) is 7.48. The van der Waals surface area contributed by atoms with Crippen molar-refractivity contribution in [1.82, 2.24) is 0 Å². The van der Waals surface area contributed by atoms with Crippen LogP contribution in [0.3, 0.4) is 0 Å². The second kappa shape index (κ2) is 5.10. The van der Waals surface area contributed by atoms with Gasteiger partial charge < -0.3 is 5.11 Å². The Bertz CT molecular complexity index is 469. The molecule has 0 aliphatic heterocycles. The Morgan fingerprint density at radius 1 is 1.09 bits per heavy atom. The predicted molar refractivity (Wildman–Crippen MR) is 91.4 cm³/mol. The van der Waals surface area contributed by atoms with Crippen LogP contribution in [0.15, 0.2) is 12.2 Å². The van der Waals surface area contributed by atoms with Crippen molar-refractivity contribution in [2.75, 3.05) is 6.61 Å². The average Bonchev–Trinajstić information content (AvgIpc) is 2.82. The van der Waals surface area contributed by atoms with E-state index in [4.69, 9.17) is 0 Å². The molecule has 0 saturated heterocycles. The number of rotatable bonds is 1. The van der Waals surface area contributed by atoms with Gasteiger partial charge in [0.15, 0.2) is 0 Å². The quantitative estimate of drug-likeness (QED) is 0.661. The van der Waals surface area contributed by atoms with Crippen molar-refractivity contribution in [3.8, 4) is 0 Å². The van der Waals surface area contributed by atoms with Gasteiger partial charge in [-0.2, -0.15) is 0 Å². The molecule has 4 aliphatic rings. The third kappa shape index (κ3) is 1.87. The molecule has 0 bridgehead atoms. The number of hydrogen-bond donors (Lipinski definition) is 1. The highest BCUT2D eigenvalue weighted by Crippen LogP contribution is 2.67. The summed E-state index contributed by atoms with van der Waals surface area (Å²) in [6, 6.07) is 0. The molecule has 1 heteroatoms. The minimum atomic E-state index is 0.278. The molecule has 0 heterocycles. The number of aliphatic hydroxyl groups is 1. The summed E-state index contributed by atoms with van der Waals surface area (Å²) in [7, 11) is 0. The highest BCUT2D eigenvalue weighted by molar-refractivity contribution is 5.21. The molecule has 4 rings (SSSR count). The van der Waals surface area contributed by atoms with Crippen molar-refractivity contribution in [2.45, 2.75) is 71.6 Å². The molecular formula is C21H34O. The molecule has 4 aliphatic carbocycles. The third-order valence-electron chi connectivity index (χ3n) is 8.88.